The van der Waals surface area contributed by atoms with Gasteiger partial charge in [-0.3, -0.25) is 20.4 Å². The largest absolute Gasteiger partial charge is 0.484 e. The number of hydrogen-bond acceptors (Lipinski definition) is 3. The Labute approximate surface area is 152 Å². The topological polar surface area (TPSA) is 67.4 Å². The van der Waals surface area contributed by atoms with Crippen LogP contribution in [0.3, 0.4) is 0 Å². The molecule has 0 atom stereocenters. The zero-order valence-electron chi connectivity index (χ0n) is 14.5. The van der Waals surface area contributed by atoms with E-state index in [1.54, 1.807) is 12.1 Å². The van der Waals surface area contributed by atoms with E-state index in [2.05, 4.69) is 17.8 Å². The Morgan fingerprint density at radius 2 is 1.62 bits per heavy atom. The van der Waals surface area contributed by atoms with E-state index in [4.69, 9.17) is 4.74 Å². The Hall–Kier alpha value is -3.34. The van der Waals surface area contributed by atoms with Crippen molar-refractivity contribution >= 4 is 22.6 Å². The molecule has 0 fully saturated rings. The molecule has 2 N–H and O–H groups in total. The van der Waals surface area contributed by atoms with Crippen LogP contribution in [0.15, 0.2) is 66.7 Å². The number of aryl methyl sites for hydroxylation is 1. The first-order valence-corrected chi connectivity index (χ1v) is 8.45. The van der Waals surface area contributed by atoms with E-state index < -0.39 is 5.91 Å². The summed E-state index contributed by atoms with van der Waals surface area (Å²) < 4.78 is 5.40. The maximum Gasteiger partial charge on any atom is 0.276 e. The molecule has 3 rings (SSSR count). The standard InChI is InChI=1S/C21H20N2O3/c1-2-15-7-11-19(12-8-15)26-14-20(24)22-23-21(25)18-10-9-16-5-3-4-6-17(16)13-18/h3-13H,2,14H2,1H3,(H,22,24)(H,23,25). The van der Waals surface area contributed by atoms with Crippen LogP contribution in [0.1, 0.15) is 22.8 Å². The molecular formula is C21H20N2O3. The molecule has 0 aliphatic rings. The Morgan fingerprint density at radius 3 is 2.35 bits per heavy atom. The maximum atomic E-state index is 12.2. The number of ether oxygens (including phenoxy) is 1. The molecule has 0 radical (unpaired) electrons. The molecule has 0 saturated heterocycles. The molecule has 0 aliphatic heterocycles. The zero-order chi connectivity index (χ0) is 18.4. The number of benzene rings is 3. The molecule has 0 spiro atoms. The van der Waals surface area contributed by atoms with E-state index in [1.165, 1.54) is 5.56 Å². The van der Waals surface area contributed by atoms with Crippen LogP contribution in [0, 0.1) is 0 Å². The predicted octanol–water partition coefficient (Wildman–Crippen LogP) is 3.24. The molecule has 5 heteroatoms. The summed E-state index contributed by atoms with van der Waals surface area (Å²) in [6, 6.07) is 20.7. The lowest BCUT2D eigenvalue weighted by Crippen LogP contribution is -2.43. The van der Waals surface area contributed by atoms with Crippen LogP contribution < -0.4 is 15.6 Å². The Balaban J connectivity index is 1.50. The highest BCUT2D eigenvalue weighted by Crippen LogP contribution is 2.15. The lowest BCUT2D eigenvalue weighted by molar-refractivity contribution is -0.123. The third kappa shape index (κ3) is 4.39. The SMILES string of the molecule is CCc1ccc(OCC(=O)NNC(=O)c2ccc3ccccc3c2)cc1. The van der Waals surface area contributed by atoms with Crippen molar-refractivity contribution in [3.8, 4) is 5.75 Å². The highest BCUT2D eigenvalue weighted by Gasteiger charge is 2.08. The first kappa shape index (κ1) is 17.5. The number of amides is 2. The van der Waals surface area contributed by atoms with Crippen molar-refractivity contribution in [1.29, 1.82) is 0 Å². The van der Waals surface area contributed by atoms with Gasteiger partial charge in [-0.25, -0.2) is 0 Å². The quantitative estimate of drug-likeness (QED) is 0.696. The highest BCUT2D eigenvalue weighted by molar-refractivity contribution is 5.99. The summed E-state index contributed by atoms with van der Waals surface area (Å²) in [5.74, 6) is -0.201. The number of hydrogen-bond donors (Lipinski definition) is 2. The minimum Gasteiger partial charge on any atom is -0.484 e. The summed E-state index contributed by atoms with van der Waals surface area (Å²) in [5, 5.41) is 2.01. The first-order valence-electron chi connectivity index (χ1n) is 8.45. The predicted molar refractivity (Wildman–Crippen MR) is 101 cm³/mol. The van der Waals surface area contributed by atoms with Crippen molar-refractivity contribution in [2.75, 3.05) is 6.61 Å². The molecule has 26 heavy (non-hydrogen) atoms. The normalized spacial score (nSPS) is 10.3. The Kier molecular flexibility index (Phi) is 5.49. The van der Waals surface area contributed by atoms with Crippen molar-refractivity contribution < 1.29 is 14.3 Å². The highest BCUT2D eigenvalue weighted by atomic mass is 16.5. The molecule has 2 amide bonds. The lowest BCUT2D eigenvalue weighted by Gasteiger charge is -2.09. The summed E-state index contributed by atoms with van der Waals surface area (Å²) in [4.78, 5) is 24.0. The van der Waals surface area contributed by atoms with E-state index in [0.717, 1.165) is 17.2 Å². The molecule has 0 unspecified atom stereocenters. The lowest BCUT2D eigenvalue weighted by atomic mass is 10.1. The van der Waals surface area contributed by atoms with E-state index in [9.17, 15) is 9.59 Å². The van der Waals surface area contributed by atoms with Crippen LogP contribution in [0.5, 0.6) is 5.75 Å². The van der Waals surface area contributed by atoms with Gasteiger partial charge >= 0.3 is 0 Å². The van der Waals surface area contributed by atoms with Gasteiger partial charge in [0.2, 0.25) is 0 Å². The molecule has 5 nitrogen and oxygen atoms in total. The second-order valence-corrected chi connectivity index (χ2v) is 5.85. The average molecular weight is 348 g/mol. The minimum absolute atomic E-state index is 0.177. The summed E-state index contributed by atoms with van der Waals surface area (Å²) in [6.07, 6.45) is 0.946. The van der Waals surface area contributed by atoms with E-state index in [0.29, 0.717) is 11.3 Å². The molecule has 3 aromatic carbocycles. The fourth-order valence-electron chi connectivity index (χ4n) is 2.54. The number of carbonyl (C=O) groups is 2. The summed E-state index contributed by atoms with van der Waals surface area (Å²) in [5.41, 5.74) is 6.43. The van der Waals surface area contributed by atoms with Crippen molar-refractivity contribution in [3.05, 3.63) is 77.9 Å². The van der Waals surface area contributed by atoms with Crippen LogP contribution in [0.25, 0.3) is 10.8 Å². The third-order valence-corrected chi connectivity index (χ3v) is 4.03. The molecule has 0 aliphatic carbocycles. The maximum absolute atomic E-state index is 12.2. The van der Waals surface area contributed by atoms with Gasteiger partial charge in [-0.2, -0.15) is 0 Å². The van der Waals surface area contributed by atoms with Gasteiger partial charge in [-0.1, -0.05) is 49.4 Å². The third-order valence-electron chi connectivity index (χ3n) is 4.03. The van der Waals surface area contributed by atoms with E-state index >= 15 is 0 Å². The molecule has 0 heterocycles. The minimum atomic E-state index is -0.432. The van der Waals surface area contributed by atoms with Gasteiger partial charge in [-0.15, -0.1) is 0 Å². The fraction of sp³-hybridized carbons (Fsp3) is 0.143. The smallest absolute Gasteiger partial charge is 0.276 e. The monoisotopic (exact) mass is 348 g/mol. The summed E-state index contributed by atoms with van der Waals surface area (Å²) >= 11 is 0. The molecule has 3 aromatic rings. The van der Waals surface area contributed by atoms with Crippen molar-refractivity contribution in [3.63, 3.8) is 0 Å². The van der Waals surface area contributed by atoms with Gasteiger partial charge in [0.1, 0.15) is 5.75 Å². The average Bonchev–Trinajstić information content (AvgIpc) is 2.70. The Bertz CT molecular complexity index is 920. The van der Waals surface area contributed by atoms with Crippen LogP contribution in [-0.4, -0.2) is 18.4 Å². The van der Waals surface area contributed by atoms with Crippen LogP contribution in [0.4, 0.5) is 0 Å². The molecule has 0 aromatic heterocycles. The van der Waals surface area contributed by atoms with Gasteiger partial charge in [0.25, 0.3) is 11.8 Å². The van der Waals surface area contributed by atoms with Gasteiger partial charge in [-0.05, 0) is 47.0 Å². The number of fused-ring (bicyclic) bond motifs is 1. The van der Waals surface area contributed by atoms with Crippen LogP contribution in [0.2, 0.25) is 0 Å². The number of carbonyl (C=O) groups excluding carboxylic acids is 2. The number of hydrazine groups is 1. The van der Waals surface area contributed by atoms with Crippen LogP contribution >= 0.6 is 0 Å². The second-order valence-electron chi connectivity index (χ2n) is 5.85. The zero-order valence-corrected chi connectivity index (χ0v) is 14.5. The summed E-state index contributed by atoms with van der Waals surface area (Å²) in [6.45, 7) is 1.89. The van der Waals surface area contributed by atoms with Gasteiger partial charge in [0, 0.05) is 5.56 Å². The van der Waals surface area contributed by atoms with E-state index in [-0.39, 0.29) is 12.5 Å². The van der Waals surface area contributed by atoms with Gasteiger partial charge < -0.3 is 4.74 Å². The molecule has 0 bridgehead atoms. The van der Waals surface area contributed by atoms with Crippen molar-refractivity contribution in [1.82, 2.24) is 10.9 Å². The van der Waals surface area contributed by atoms with Crippen LogP contribution in [-0.2, 0) is 11.2 Å². The molecule has 132 valence electrons. The molecule has 0 saturated carbocycles. The second kappa shape index (κ2) is 8.16. The first-order chi connectivity index (χ1) is 12.7. The molecular weight excluding hydrogens is 328 g/mol. The van der Waals surface area contributed by atoms with Gasteiger partial charge in [0.15, 0.2) is 6.61 Å². The van der Waals surface area contributed by atoms with Gasteiger partial charge in [0.05, 0.1) is 0 Å². The number of nitrogens with one attached hydrogen (secondary N) is 2. The van der Waals surface area contributed by atoms with E-state index in [1.807, 2.05) is 54.6 Å². The fourth-order valence-corrected chi connectivity index (χ4v) is 2.54. The summed E-state index contributed by atoms with van der Waals surface area (Å²) in [7, 11) is 0. The number of rotatable bonds is 5. The van der Waals surface area contributed by atoms with Crippen molar-refractivity contribution in [2.45, 2.75) is 13.3 Å². The van der Waals surface area contributed by atoms with Crippen molar-refractivity contribution in [2.24, 2.45) is 0 Å². The Morgan fingerprint density at radius 1 is 0.885 bits per heavy atom.